The van der Waals surface area contributed by atoms with Gasteiger partial charge in [0, 0.05) is 11.6 Å². The normalized spacial score (nSPS) is 10.9. The molecule has 2 heterocycles. The van der Waals surface area contributed by atoms with Gasteiger partial charge in [0.2, 0.25) is 0 Å². The molecule has 5 aromatic rings. The van der Waals surface area contributed by atoms with Crippen LogP contribution in [0.2, 0.25) is 0 Å². The summed E-state index contributed by atoms with van der Waals surface area (Å²) in [7, 11) is 3.24. The molecule has 192 valence electrons. The Morgan fingerprint density at radius 3 is 2.42 bits per heavy atom. The molecule has 0 radical (unpaired) electrons. The largest absolute Gasteiger partial charge is 0.508 e. The fourth-order valence-electron chi connectivity index (χ4n) is 4.59. The van der Waals surface area contributed by atoms with E-state index in [1.165, 1.54) is 0 Å². The van der Waals surface area contributed by atoms with E-state index in [0.717, 1.165) is 33.8 Å². The van der Waals surface area contributed by atoms with E-state index in [2.05, 4.69) is 0 Å². The first-order valence-electron chi connectivity index (χ1n) is 12.2. The number of aromatic hydroxyl groups is 1. The van der Waals surface area contributed by atoms with Gasteiger partial charge in [0.1, 0.15) is 24.7 Å². The SMILES string of the molecule is COc1cccc(COc2ccc(Cn3c(=O)c(C)c(-c4ccc(O)cc4)[n+]4ccccc34)cc2OC)c1. The topological polar surface area (TPSA) is 74.0 Å². The van der Waals surface area contributed by atoms with E-state index in [0.29, 0.717) is 30.2 Å². The lowest BCUT2D eigenvalue weighted by atomic mass is 10.1. The Balaban J connectivity index is 1.48. The molecule has 5 rings (SSSR count). The highest BCUT2D eigenvalue weighted by atomic mass is 16.5. The minimum Gasteiger partial charge on any atom is -0.508 e. The summed E-state index contributed by atoms with van der Waals surface area (Å²) in [5.41, 5.74) is 4.81. The minimum absolute atomic E-state index is 0.0865. The van der Waals surface area contributed by atoms with Crippen LogP contribution in [-0.2, 0) is 13.2 Å². The molecule has 2 aromatic heterocycles. The molecule has 7 nitrogen and oxygen atoms in total. The van der Waals surface area contributed by atoms with Gasteiger partial charge in [-0.05, 0) is 72.6 Å². The van der Waals surface area contributed by atoms with Gasteiger partial charge in [0.25, 0.3) is 5.65 Å². The van der Waals surface area contributed by atoms with Crippen molar-refractivity contribution in [1.29, 1.82) is 0 Å². The monoisotopic (exact) mass is 509 g/mol. The zero-order valence-electron chi connectivity index (χ0n) is 21.5. The number of fused-ring (bicyclic) bond motifs is 1. The van der Waals surface area contributed by atoms with Crippen molar-refractivity contribution in [2.24, 2.45) is 0 Å². The average Bonchev–Trinajstić information content (AvgIpc) is 2.95. The van der Waals surface area contributed by atoms with Crippen LogP contribution in [0.1, 0.15) is 16.7 Å². The van der Waals surface area contributed by atoms with Crippen molar-refractivity contribution in [3.8, 4) is 34.3 Å². The molecule has 7 heteroatoms. The molecule has 38 heavy (non-hydrogen) atoms. The van der Waals surface area contributed by atoms with Crippen molar-refractivity contribution in [3.63, 3.8) is 0 Å². The molecule has 0 aliphatic carbocycles. The number of benzene rings is 3. The van der Waals surface area contributed by atoms with Gasteiger partial charge >= 0.3 is 5.56 Å². The number of nitrogens with zero attached hydrogens (tertiary/aromatic N) is 2. The van der Waals surface area contributed by atoms with Gasteiger partial charge in [0.15, 0.2) is 17.2 Å². The lowest BCUT2D eigenvalue weighted by Gasteiger charge is -2.14. The fourth-order valence-corrected chi connectivity index (χ4v) is 4.59. The van der Waals surface area contributed by atoms with Crippen molar-refractivity contribution in [1.82, 2.24) is 4.57 Å². The second-order valence-electron chi connectivity index (χ2n) is 8.97. The van der Waals surface area contributed by atoms with Crippen LogP contribution >= 0.6 is 0 Å². The van der Waals surface area contributed by atoms with Gasteiger partial charge in [-0.2, -0.15) is 8.97 Å². The second kappa shape index (κ2) is 10.7. The maximum absolute atomic E-state index is 13.6. The lowest BCUT2D eigenvalue weighted by Crippen LogP contribution is -2.38. The summed E-state index contributed by atoms with van der Waals surface area (Å²) < 4.78 is 20.7. The summed E-state index contributed by atoms with van der Waals surface area (Å²) in [5.74, 6) is 2.16. The average molecular weight is 510 g/mol. The van der Waals surface area contributed by atoms with E-state index in [4.69, 9.17) is 14.2 Å². The summed E-state index contributed by atoms with van der Waals surface area (Å²) in [6.07, 6.45) is 1.94. The fraction of sp³-hybridized carbons (Fsp3) is 0.161. The first-order valence-corrected chi connectivity index (χ1v) is 12.2. The van der Waals surface area contributed by atoms with Crippen molar-refractivity contribution < 1.29 is 23.7 Å². The van der Waals surface area contributed by atoms with E-state index in [9.17, 15) is 9.90 Å². The molecule has 0 atom stereocenters. The van der Waals surface area contributed by atoms with Crippen LogP contribution in [0.15, 0.2) is 95.9 Å². The first-order chi connectivity index (χ1) is 18.5. The highest BCUT2D eigenvalue weighted by Gasteiger charge is 2.22. The molecule has 0 aliphatic heterocycles. The predicted molar refractivity (Wildman–Crippen MR) is 145 cm³/mol. The molecule has 0 bridgehead atoms. The number of hydrogen-bond donors (Lipinski definition) is 1. The lowest BCUT2D eigenvalue weighted by molar-refractivity contribution is -0.504. The van der Waals surface area contributed by atoms with Gasteiger partial charge in [0.05, 0.1) is 26.0 Å². The van der Waals surface area contributed by atoms with E-state index in [1.807, 2.05) is 90.3 Å². The Hall–Kier alpha value is -4.78. The van der Waals surface area contributed by atoms with Gasteiger partial charge in [-0.15, -0.1) is 0 Å². The Morgan fingerprint density at radius 1 is 0.842 bits per heavy atom. The highest BCUT2D eigenvalue weighted by Crippen LogP contribution is 2.30. The van der Waals surface area contributed by atoms with Crippen molar-refractivity contribution in [2.45, 2.75) is 20.1 Å². The number of phenols is 1. The molecular weight excluding hydrogens is 480 g/mol. The van der Waals surface area contributed by atoms with Crippen molar-refractivity contribution >= 4 is 5.65 Å². The van der Waals surface area contributed by atoms with Crippen LogP contribution in [0.5, 0.6) is 23.0 Å². The maximum atomic E-state index is 13.6. The molecule has 0 fully saturated rings. The first kappa shape index (κ1) is 24.9. The third-order valence-electron chi connectivity index (χ3n) is 6.51. The second-order valence-corrected chi connectivity index (χ2v) is 8.97. The maximum Gasteiger partial charge on any atom is 0.341 e. The summed E-state index contributed by atoms with van der Waals surface area (Å²) in [5, 5.41) is 9.73. The van der Waals surface area contributed by atoms with Gasteiger partial charge in [-0.1, -0.05) is 24.3 Å². The van der Waals surface area contributed by atoms with E-state index >= 15 is 0 Å². The molecule has 3 aromatic carbocycles. The number of rotatable bonds is 8. The Morgan fingerprint density at radius 2 is 1.66 bits per heavy atom. The van der Waals surface area contributed by atoms with Crippen LogP contribution < -0.4 is 24.2 Å². The Kier molecular flexibility index (Phi) is 7.00. The molecule has 1 N–H and O–H groups in total. The van der Waals surface area contributed by atoms with Gasteiger partial charge < -0.3 is 19.3 Å². The third-order valence-corrected chi connectivity index (χ3v) is 6.51. The number of aromatic nitrogens is 2. The standard InChI is InChI=1S/C31H28N2O5/c1-21-30(24-11-13-25(34)14-12-24)32-16-5-4-9-29(32)33(31(21)35)19-22-10-15-27(28(18-22)37-3)38-20-23-7-6-8-26(17-23)36-2/h4-18H,19-20H2,1-3H3/p+1. The minimum atomic E-state index is -0.0865. The van der Waals surface area contributed by atoms with Gasteiger partial charge in [-0.25, -0.2) is 4.79 Å². The number of phenolic OH excluding ortho intramolecular Hbond substituents is 1. The summed E-state index contributed by atoms with van der Waals surface area (Å²) in [6, 6.07) is 26.1. The zero-order valence-corrected chi connectivity index (χ0v) is 21.5. The molecule has 0 saturated heterocycles. The van der Waals surface area contributed by atoms with E-state index in [-0.39, 0.29) is 11.3 Å². The van der Waals surface area contributed by atoms with E-state index < -0.39 is 0 Å². The van der Waals surface area contributed by atoms with Crippen LogP contribution in [0.4, 0.5) is 0 Å². The number of methoxy groups -OCH3 is 2. The van der Waals surface area contributed by atoms with Crippen LogP contribution in [0.25, 0.3) is 16.9 Å². The number of pyridine rings is 1. The van der Waals surface area contributed by atoms with Crippen LogP contribution in [0.3, 0.4) is 0 Å². The molecule has 0 spiro atoms. The Labute approximate surface area is 220 Å². The Bertz CT molecular complexity index is 1660. The van der Waals surface area contributed by atoms with E-state index in [1.54, 1.807) is 30.9 Å². The third kappa shape index (κ3) is 4.91. The number of hydrogen-bond acceptors (Lipinski definition) is 5. The molecule has 0 unspecified atom stereocenters. The predicted octanol–water partition coefficient (Wildman–Crippen LogP) is 4.91. The van der Waals surface area contributed by atoms with Crippen LogP contribution in [-0.4, -0.2) is 23.9 Å². The molecule has 0 saturated carbocycles. The number of ether oxygens (including phenoxy) is 3. The van der Waals surface area contributed by atoms with Gasteiger partial charge in [-0.3, -0.25) is 0 Å². The summed E-state index contributed by atoms with van der Waals surface area (Å²) >= 11 is 0. The molecule has 0 amide bonds. The quantitative estimate of drug-likeness (QED) is 0.301. The summed E-state index contributed by atoms with van der Waals surface area (Å²) in [6.45, 7) is 2.55. The smallest absolute Gasteiger partial charge is 0.341 e. The zero-order chi connectivity index (χ0) is 26.6. The molecular formula is C31H29N2O5+. The summed E-state index contributed by atoms with van der Waals surface area (Å²) in [4.78, 5) is 13.6. The highest BCUT2D eigenvalue weighted by molar-refractivity contribution is 5.61. The van der Waals surface area contributed by atoms with Crippen molar-refractivity contribution in [2.75, 3.05) is 14.2 Å². The van der Waals surface area contributed by atoms with Crippen LogP contribution in [0, 0.1) is 6.92 Å². The molecule has 0 aliphatic rings. The van der Waals surface area contributed by atoms with Crippen molar-refractivity contribution in [3.05, 3.63) is 118 Å².